The van der Waals surface area contributed by atoms with Crippen LogP contribution in [-0.4, -0.2) is 16.1 Å². The molecule has 0 aliphatic heterocycles. The molecule has 0 spiro atoms. The van der Waals surface area contributed by atoms with Crippen LogP contribution in [0.4, 0.5) is 0 Å². The number of carboxylic acids is 1. The maximum absolute atomic E-state index is 10.2. The molecule has 1 atom stereocenters. The topological polar surface area (TPSA) is 76.2 Å². The summed E-state index contributed by atoms with van der Waals surface area (Å²) in [6, 6.07) is 4.86. The first kappa shape index (κ1) is 9.41. The lowest BCUT2D eigenvalue weighted by Gasteiger charge is -2.03. The van der Waals surface area contributed by atoms with E-state index in [4.69, 9.17) is 10.8 Å². The zero-order chi connectivity index (χ0) is 9.68. The fraction of sp³-hybridized carbons (Fsp3) is 0.111. The molecule has 0 fully saturated rings. The molecule has 0 aliphatic carbocycles. The Balaban J connectivity index is 2.69. The number of hydrogen-bond acceptors (Lipinski definition) is 3. The van der Waals surface area contributed by atoms with Gasteiger partial charge in [0.1, 0.15) is 0 Å². The number of carbonyl (C=O) groups is 1. The van der Waals surface area contributed by atoms with E-state index in [2.05, 4.69) is 4.98 Å². The maximum Gasteiger partial charge on any atom is 0.328 e. The van der Waals surface area contributed by atoms with Gasteiger partial charge in [0.15, 0.2) is 0 Å². The van der Waals surface area contributed by atoms with Crippen LogP contribution in [0.25, 0.3) is 0 Å². The Morgan fingerprint density at radius 1 is 1.62 bits per heavy atom. The number of carboxylic acid groups (broad SMARTS) is 1. The van der Waals surface area contributed by atoms with Crippen LogP contribution in [0.5, 0.6) is 0 Å². The highest BCUT2D eigenvalue weighted by Crippen LogP contribution is 2.06. The zero-order valence-corrected chi connectivity index (χ0v) is 6.92. The number of nitrogens with zero attached hydrogens (tertiary/aromatic N) is 1. The van der Waals surface area contributed by atoms with Gasteiger partial charge < -0.3 is 10.8 Å². The molecule has 0 saturated heterocycles. The van der Waals surface area contributed by atoms with Gasteiger partial charge in [-0.05, 0) is 12.1 Å². The van der Waals surface area contributed by atoms with Crippen molar-refractivity contribution in [3.8, 4) is 0 Å². The fourth-order valence-electron chi connectivity index (χ4n) is 0.858. The Kier molecular flexibility index (Phi) is 3.16. The molecule has 4 heteroatoms. The van der Waals surface area contributed by atoms with Crippen LogP contribution >= 0.6 is 0 Å². The lowest BCUT2D eigenvalue weighted by Crippen LogP contribution is -2.09. The van der Waals surface area contributed by atoms with Gasteiger partial charge >= 0.3 is 5.97 Å². The summed E-state index contributed by atoms with van der Waals surface area (Å²) in [5, 5.41) is 8.35. The van der Waals surface area contributed by atoms with Gasteiger partial charge in [-0.3, -0.25) is 4.98 Å². The molecule has 1 heterocycles. The average Bonchev–Trinajstić information content (AvgIpc) is 2.15. The minimum absolute atomic E-state index is 0.461. The second kappa shape index (κ2) is 4.37. The minimum Gasteiger partial charge on any atom is -0.478 e. The summed E-state index contributed by atoms with van der Waals surface area (Å²) in [6.45, 7) is 0. The highest BCUT2D eigenvalue weighted by atomic mass is 16.4. The molecule has 0 amide bonds. The van der Waals surface area contributed by atoms with E-state index < -0.39 is 12.0 Å². The van der Waals surface area contributed by atoms with Crippen molar-refractivity contribution in [2.45, 2.75) is 6.04 Å². The van der Waals surface area contributed by atoms with E-state index >= 15 is 0 Å². The molecule has 68 valence electrons. The molecule has 0 aliphatic rings. The van der Waals surface area contributed by atoms with Crippen LogP contribution in [0.1, 0.15) is 11.7 Å². The molecule has 1 unspecified atom stereocenters. The van der Waals surface area contributed by atoms with Crippen molar-refractivity contribution >= 4 is 5.97 Å². The quantitative estimate of drug-likeness (QED) is 0.669. The largest absolute Gasteiger partial charge is 0.478 e. The number of aromatic nitrogens is 1. The Bertz CT molecular complexity index is 309. The van der Waals surface area contributed by atoms with Crippen LogP contribution in [-0.2, 0) is 4.79 Å². The molecule has 1 aromatic rings. The van der Waals surface area contributed by atoms with Crippen LogP contribution < -0.4 is 5.73 Å². The van der Waals surface area contributed by atoms with E-state index in [9.17, 15) is 4.79 Å². The van der Waals surface area contributed by atoms with Gasteiger partial charge in [0.05, 0.1) is 11.7 Å². The van der Waals surface area contributed by atoms with Gasteiger partial charge in [-0.15, -0.1) is 0 Å². The third-order valence-corrected chi connectivity index (χ3v) is 1.48. The van der Waals surface area contributed by atoms with Gasteiger partial charge in [-0.25, -0.2) is 4.79 Å². The number of pyridine rings is 1. The van der Waals surface area contributed by atoms with Crippen molar-refractivity contribution in [1.29, 1.82) is 0 Å². The number of nitrogens with two attached hydrogens (primary N) is 1. The van der Waals surface area contributed by atoms with E-state index in [1.165, 1.54) is 6.08 Å². The predicted octanol–water partition coefficient (Wildman–Crippen LogP) is 0.722. The smallest absolute Gasteiger partial charge is 0.328 e. The first-order valence-electron chi connectivity index (χ1n) is 3.78. The summed E-state index contributed by atoms with van der Waals surface area (Å²) in [5.74, 6) is -1.01. The molecule has 4 nitrogen and oxygen atoms in total. The summed E-state index contributed by atoms with van der Waals surface area (Å²) in [6.07, 6.45) is 4.02. The highest BCUT2D eigenvalue weighted by Gasteiger charge is 2.01. The maximum atomic E-state index is 10.2. The molecular weight excluding hydrogens is 168 g/mol. The van der Waals surface area contributed by atoms with Gasteiger partial charge in [0, 0.05) is 12.3 Å². The highest BCUT2D eigenvalue weighted by molar-refractivity contribution is 5.79. The van der Waals surface area contributed by atoms with Crippen molar-refractivity contribution in [3.05, 3.63) is 42.2 Å². The van der Waals surface area contributed by atoms with Gasteiger partial charge in [-0.2, -0.15) is 0 Å². The summed E-state index contributed by atoms with van der Waals surface area (Å²) in [7, 11) is 0. The number of hydrogen-bond donors (Lipinski definition) is 2. The molecular formula is C9H10N2O2. The van der Waals surface area contributed by atoms with E-state index in [0.29, 0.717) is 5.69 Å². The molecule has 1 aromatic heterocycles. The first-order valence-corrected chi connectivity index (χ1v) is 3.78. The van der Waals surface area contributed by atoms with Crippen LogP contribution in [0.2, 0.25) is 0 Å². The zero-order valence-electron chi connectivity index (χ0n) is 6.92. The molecule has 0 saturated carbocycles. The Morgan fingerprint density at radius 2 is 2.38 bits per heavy atom. The van der Waals surface area contributed by atoms with Crippen LogP contribution in [0.15, 0.2) is 36.5 Å². The second-order valence-electron chi connectivity index (χ2n) is 2.48. The SMILES string of the molecule is NC(/C=C/C(=O)O)c1ccccn1. The molecule has 3 N–H and O–H groups in total. The Hall–Kier alpha value is -1.68. The normalized spacial score (nSPS) is 13.0. The molecule has 0 bridgehead atoms. The Labute approximate surface area is 75.7 Å². The summed E-state index contributed by atoms with van der Waals surface area (Å²) < 4.78 is 0. The monoisotopic (exact) mass is 178 g/mol. The summed E-state index contributed by atoms with van der Waals surface area (Å²) in [5.41, 5.74) is 6.28. The minimum atomic E-state index is -1.01. The number of rotatable bonds is 3. The van der Waals surface area contributed by atoms with Gasteiger partial charge in [0.25, 0.3) is 0 Å². The third kappa shape index (κ3) is 3.04. The summed E-state index contributed by atoms with van der Waals surface area (Å²) in [4.78, 5) is 14.2. The molecule has 0 aromatic carbocycles. The van der Waals surface area contributed by atoms with Crippen molar-refractivity contribution < 1.29 is 9.90 Å². The Morgan fingerprint density at radius 3 is 2.92 bits per heavy atom. The molecule has 1 rings (SSSR count). The van der Waals surface area contributed by atoms with E-state index in [1.54, 1.807) is 24.4 Å². The lowest BCUT2D eigenvalue weighted by atomic mass is 10.2. The van der Waals surface area contributed by atoms with Crippen molar-refractivity contribution in [2.75, 3.05) is 0 Å². The molecule has 13 heavy (non-hydrogen) atoms. The predicted molar refractivity (Wildman–Crippen MR) is 47.9 cm³/mol. The van der Waals surface area contributed by atoms with Crippen molar-refractivity contribution in [1.82, 2.24) is 4.98 Å². The van der Waals surface area contributed by atoms with E-state index in [-0.39, 0.29) is 0 Å². The van der Waals surface area contributed by atoms with E-state index in [1.807, 2.05) is 0 Å². The van der Waals surface area contributed by atoms with E-state index in [0.717, 1.165) is 6.08 Å². The van der Waals surface area contributed by atoms with Crippen molar-refractivity contribution in [3.63, 3.8) is 0 Å². The van der Waals surface area contributed by atoms with Crippen molar-refractivity contribution in [2.24, 2.45) is 5.73 Å². The number of aliphatic carboxylic acids is 1. The molecule has 0 radical (unpaired) electrons. The summed E-state index contributed by atoms with van der Waals surface area (Å²) >= 11 is 0. The fourth-order valence-corrected chi connectivity index (χ4v) is 0.858. The third-order valence-electron chi connectivity index (χ3n) is 1.48. The van der Waals surface area contributed by atoms with Crippen LogP contribution in [0.3, 0.4) is 0 Å². The lowest BCUT2D eigenvalue weighted by molar-refractivity contribution is -0.131. The standard InChI is InChI=1S/C9H10N2O2/c10-7(4-5-9(12)13)8-3-1-2-6-11-8/h1-7H,10H2,(H,12,13)/b5-4+. The second-order valence-corrected chi connectivity index (χ2v) is 2.48. The first-order chi connectivity index (χ1) is 6.20. The van der Waals surface area contributed by atoms with Crippen LogP contribution in [0, 0.1) is 0 Å². The van der Waals surface area contributed by atoms with Gasteiger partial charge in [0.2, 0.25) is 0 Å². The van der Waals surface area contributed by atoms with Gasteiger partial charge in [-0.1, -0.05) is 12.1 Å². The average molecular weight is 178 g/mol.